The number of aromatic nitrogens is 4. The minimum atomic E-state index is 0.298. The second-order valence-electron chi connectivity index (χ2n) is 7.58. The van der Waals surface area contributed by atoms with Gasteiger partial charge in [0.25, 0.3) is 0 Å². The number of nitrogens with zero attached hydrogens (tertiary/aromatic N) is 5. The van der Waals surface area contributed by atoms with Crippen LogP contribution in [0.1, 0.15) is 30.0 Å². The molecule has 0 spiro atoms. The molecule has 0 bridgehead atoms. The van der Waals surface area contributed by atoms with Crippen molar-refractivity contribution in [1.82, 2.24) is 29.8 Å². The van der Waals surface area contributed by atoms with Crippen molar-refractivity contribution in [1.29, 1.82) is 0 Å². The normalized spacial score (nSPS) is 17.4. The first kappa shape index (κ1) is 19.1. The number of nitrogens with two attached hydrogens (primary N) is 1. The molecule has 3 N–H and O–H groups in total. The largest absolute Gasteiger partial charge is 0.383 e. The van der Waals surface area contributed by atoms with E-state index in [1.165, 1.54) is 0 Å². The zero-order valence-corrected chi connectivity index (χ0v) is 17.0. The Hall–Kier alpha value is -3.19. The average Bonchev–Trinajstić information content (AvgIpc) is 3.17. The van der Waals surface area contributed by atoms with E-state index in [4.69, 9.17) is 10.7 Å². The van der Waals surface area contributed by atoms with E-state index in [1.54, 1.807) is 16.9 Å². The van der Waals surface area contributed by atoms with Gasteiger partial charge < -0.3 is 16.0 Å². The monoisotopic (exact) mass is 389 g/mol. The molecular formula is C22H27N7. The molecule has 4 rings (SSSR count). The molecule has 1 aliphatic rings. The lowest BCUT2D eigenvalue weighted by atomic mass is 9.90. The van der Waals surface area contributed by atoms with E-state index in [-0.39, 0.29) is 0 Å². The molecule has 1 saturated heterocycles. The van der Waals surface area contributed by atoms with Crippen LogP contribution in [0.2, 0.25) is 0 Å². The first-order valence-electron chi connectivity index (χ1n) is 9.89. The predicted octanol–water partition coefficient (Wildman–Crippen LogP) is 2.93. The van der Waals surface area contributed by atoms with Crippen molar-refractivity contribution < 1.29 is 0 Å². The summed E-state index contributed by atoms with van der Waals surface area (Å²) in [6.45, 7) is 5.91. The molecule has 0 saturated carbocycles. The molecular weight excluding hydrogens is 362 g/mol. The van der Waals surface area contributed by atoms with E-state index in [0.29, 0.717) is 11.7 Å². The maximum Gasteiger partial charge on any atom is 0.165 e. The maximum atomic E-state index is 6.68. The third-order valence-corrected chi connectivity index (χ3v) is 5.29. The minimum Gasteiger partial charge on any atom is -0.383 e. The Morgan fingerprint density at radius 3 is 2.79 bits per heavy atom. The Labute approximate surface area is 171 Å². The lowest BCUT2D eigenvalue weighted by Crippen LogP contribution is -2.29. The molecule has 0 aliphatic carbocycles. The van der Waals surface area contributed by atoms with Gasteiger partial charge >= 0.3 is 0 Å². The molecule has 1 aliphatic heterocycles. The molecule has 0 radical (unpaired) electrons. The highest BCUT2D eigenvalue weighted by Gasteiger charge is 2.25. The van der Waals surface area contributed by atoms with Crippen LogP contribution in [0.4, 0.5) is 5.82 Å². The molecule has 1 unspecified atom stereocenters. The zero-order valence-electron chi connectivity index (χ0n) is 17.0. The van der Waals surface area contributed by atoms with Gasteiger partial charge in [-0.3, -0.25) is 4.98 Å². The third-order valence-electron chi connectivity index (χ3n) is 5.29. The number of hydrogen-bond donors (Lipinski definition) is 2. The lowest BCUT2D eigenvalue weighted by molar-refractivity contribution is 0.455. The molecule has 7 nitrogen and oxygen atoms in total. The number of pyridine rings is 1. The Balaban J connectivity index is 1.98. The molecule has 0 aromatic carbocycles. The van der Waals surface area contributed by atoms with E-state index < -0.39 is 0 Å². The summed E-state index contributed by atoms with van der Waals surface area (Å²) in [5, 5.41) is 8.06. The summed E-state index contributed by atoms with van der Waals surface area (Å²) in [5.41, 5.74) is 12.3. The third kappa shape index (κ3) is 3.61. The fraction of sp³-hybridized carbons (Fsp3) is 0.318. The molecule has 29 heavy (non-hydrogen) atoms. The van der Waals surface area contributed by atoms with Gasteiger partial charge in [0.2, 0.25) is 0 Å². The number of hydrogen-bond acceptors (Lipinski definition) is 6. The molecule has 0 amide bonds. The van der Waals surface area contributed by atoms with E-state index in [2.05, 4.69) is 22.0 Å². The summed E-state index contributed by atoms with van der Waals surface area (Å²) in [7, 11) is 3.97. The summed E-state index contributed by atoms with van der Waals surface area (Å²) >= 11 is 0. The number of nitrogen functional groups attached to an aromatic ring is 1. The van der Waals surface area contributed by atoms with Crippen molar-refractivity contribution >= 4 is 17.0 Å². The topological polar surface area (TPSA) is 84.4 Å². The van der Waals surface area contributed by atoms with Crippen LogP contribution >= 0.6 is 0 Å². The molecule has 7 heteroatoms. The van der Waals surface area contributed by atoms with Crippen molar-refractivity contribution in [2.45, 2.75) is 18.8 Å². The van der Waals surface area contributed by atoms with Crippen LogP contribution in [0.3, 0.4) is 0 Å². The summed E-state index contributed by atoms with van der Waals surface area (Å²) in [4.78, 5) is 11.3. The van der Waals surface area contributed by atoms with E-state index in [9.17, 15) is 0 Å². The second kappa shape index (κ2) is 8.05. The Morgan fingerprint density at radius 2 is 2.14 bits per heavy atom. The van der Waals surface area contributed by atoms with Crippen molar-refractivity contribution in [3.05, 3.63) is 60.8 Å². The Bertz CT molecular complexity index is 1040. The van der Waals surface area contributed by atoms with Gasteiger partial charge in [-0.05, 0) is 37.1 Å². The number of piperidine rings is 1. The van der Waals surface area contributed by atoms with E-state index >= 15 is 0 Å². The van der Waals surface area contributed by atoms with Gasteiger partial charge in [0.1, 0.15) is 5.82 Å². The van der Waals surface area contributed by atoms with Crippen molar-refractivity contribution in [3.8, 4) is 11.1 Å². The molecule has 3 aromatic rings. The van der Waals surface area contributed by atoms with Crippen LogP contribution in [-0.2, 0) is 0 Å². The van der Waals surface area contributed by atoms with Gasteiger partial charge in [-0.1, -0.05) is 12.7 Å². The number of fused-ring (bicyclic) bond motifs is 1. The highest BCUT2D eigenvalue weighted by atomic mass is 15.3. The van der Waals surface area contributed by atoms with Crippen LogP contribution in [0.25, 0.3) is 22.3 Å². The zero-order chi connectivity index (χ0) is 20.4. The summed E-state index contributed by atoms with van der Waals surface area (Å²) in [5.74, 6) is 0.897. The van der Waals surface area contributed by atoms with Crippen LogP contribution in [-0.4, -0.2) is 51.7 Å². The summed E-state index contributed by atoms with van der Waals surface area (Å²) < 4.78 is 1.73. The standard InChI is InChI=1S/C22H27N7/c1-4-15(14-28(2)3)18-13-26-29-21(23)19(16-7-10-24-11-8-16)20(27-22(18)29)17-6-5-9-25-12-17/h4,7-8,10-11,13-14,17,25H,1,5-6,9,12,23H2,2-3H3/b15-14+. The number of anilines is 1. The number of nitrogens with one attached hydrogen (secondary N) is 1. The highest BCUT2D eigenvalue weighted by molar-refractivity contribution is 5.85. The molecule has 3 aromatic heterocycles. The average molecular weight is 390 g/mol. The van der Waals surface area contributed by atoms with Gasteiger partial charge in [-0.2, -0.15) is 9.61 Å². The Kier molecular flexibility index (Phi) is 5.31. The SMILES string of the molecule is C=C/C(=C\N(C)C)c1cnn2c(N)c(-c3ccncc3)c(C3CCCNC3)nc12. The van der Waals surface area contributed by atoms with E-state index in [1.807, 2.05) is 49.6 Å². The van der Waals surface area contributed by atoms with Gasteiger partial charge in [-0.15, -0.1) is 0 Å². The van der Waals surface area contributed by atoms with Crippen LogP contribution in [0.15, 0.2) is 49.6 Å². The predicted molar refractivity (Wildman–Crippen MR) is 117 cm³/mol. The summed E-state index contributed by atoms with van der Waals surface area (Å²) in [6.07, 6.45) is 11.4. The molecule has 150 valence electrons. The fourth-order valence-electron chi connectivity index (χ4n) is 3.94. The van der Waals surface area contributed by atoms with Gasteiger partial charge in [0.15, 0.2) is 5.65 Å². The molecule has 4 heterocycles. The van der Waals surface area contributed by atoms with Crippen LogP contribution in [0.5, 0.6) is 0 Å². The number of rotatable bonds is 5. The fourth-order valence-corrected chi connectivity index (χ4v) is 3.94. The lowest BCUT2D eigenvalue weighted by Gasteiger charge is -2.25. The van der Waals surface area contributed by atoms with Gasteiger partial charge in [0, 0.05) is 61.9 Å². The van der Waals surface area contributed by atoms with E-state index in [0.717, 1.165) is 59.5 Å². The van der Waals surface area contributed by atoms with Gasteiger partial charge in [0.05, 0.1) is 11.9 Å². The first-order chi connectivity index (χ1) is 14.1. The molecule has 1 atom stereocenters. The minimum absolute atomic E-state index is 0.298. The molecule has 1 fully saturated rings. The second-order valence-corrected chi connectivity index (χ2v) is 7.58. The van der Waals surface area contributed by atoms with Crippen LogP contribution < -0.4 is 11.1 Å². The van der Waals surface area contributed by atoms with Crippen molar-refractivity contribution in [2.24, 2.45) is 0 Å². The van der Waals surface area contributed by atoms with Crippen molar-refractivity contribution in [3.63, 3.8) is 0 Å². The summed E-state index contributed by atoms with van der Waals surface area (Å²) in [6, 6.07) is 3.95. The van der Waals surface area contributed by atoms with Crippen LogP contribution in [0, 0.1) is 0 Å². The van der Waals surface area contributed by atoms with Gasteiger partial charge in [-0.25, -0.2) is 4.98 Å². The Morgan fingerprint density at radius 1 is 1.34 bits per heavy atom. The van der Waals surface area contributed by atoms with Crippen molar-refractivity contribution in [2.75, 3.05) is 32.9 Å². The quantitative estimate of drug-likeness (QED) is 0.653. The number of allylic oxidation sites excluding steroid dienone is 2. The smallest absolute Gasteiger partial charge is 0.165 e. The highest BCUT2D eigenvalue weighted by Crippen LogP contribution is 2.37. The maximum absolute atomic E-state index is 6.68. The first-order valence-corrected chi connectivity index (χ1v) is 9.89.